The van der Waals surface area contributed by atoms with Gasteiger partial charge in [0, 0.05) is 12.8 Å². The highest BCUT2D eigenvalue weighted by molar-refractivity contribution is 4.89. The lowest BCUT2D eigenvalue weighted by Crippen LogP contribution is -2.44. The zero-order chi connectivity index (χ0) is 8.84. The zero-order valence-corrected chi connectivity index (χ0v) is 7.39. The summed E-state index contributed by atoms with van der Waals surface area (Å²) < 4.78 is 16.3. The molecule has 0 aromatic heterocycles. The van der Waals surface area contributed by atoms with Crippen molar-refractivity contribution in [3.8, 4) is 0 Å². The maximum atomic E-state index is 9.36. The molecule has 13 heavy (non-hydrogen) atoms. The van der Waals surface area contributed by atoms with Gasteiger partial charge in [0.25, 0.3) is 0 Å². The van der Waals surface area contributed by atoms with E-state index in [0.717, 1.165) is 6.42 Å². The first-order valence-corrected chi connectivity index (χ1v) is 4.89. The standard InChI is InChI=1S/C9H14O4/c10-8-2-6-5(3-11-8)1-9-12-4-7(6)13-9/h5-10H,1-4H2/t5-,6+,7-,8?,9-/m0/s1. The Hall–Kier alpha value is -0.160. The first-order chi connectivity index (χ1) is 6.33. The van der Waals surface area contributed by atoms with Gasteiger partial charge < -0.3 is 19.3 Å². The second-order valence-electron chi connectivity index (χ2n) is 4.12. The Morgan fingerprint density at radius 3 is 2.92 bits per heavy atom. The molecule has 3 aliphatic rings. The lowest BCUT2D eigenvalue weighted by molar-refractivity contribution is -0.209. The van der Waals surface area contributed by atoms with Gasteiger partial charge in [-0.2, -0.15) is 0 Å². The summed E-state index contributed by atoms with van der Waals surface area (Å²) in [6, 6.07) is 0. The van der Waals surface area contributed by atoms with Crippen LogP contribution in [-0.2, 0) is 14.2 Å². The van der Waals surface area contributed by atoms with Crippen LogP contribution in [0.25, 0.3) is 0 Å². The maximum Gasteiger partial charge on any atom is 0.158 e. The van der Waals surface area contributed by atoms with Crippen molar-refractivity contribution in [3.05, 3.63) is 0 Å². The number of ether oxygens (including phenoxy) is 3. The monoisotopic (exact) mass is 186 g/mol. The normalized spacial score (nSPS) is 54.7. The molecule has 0 saturated carbocycles. The van der Waals surface area contributed by atoms with Crippen LogP contribution in [0, 0.1) is 11.8 Å². The average molecular weight is 186 g/mol. The van der Waals surface area contributed by atoms with Crippen molar-refractivity contribution < 1.29 is 19.3 Å². The summed E-state index contributed by atoms with van der Waals surface area (Å²) in [6.45, 7) is 1.35. The lowest BCUT2D eigenvalue weighted by Gasteiger charge is -2.39. The van der Waals surface area contributed by atoms with Gasteiger partial charge in [-0.15, -0.1) is 0 Å². The molecule has 0 aromatic carbocycles. The quantitative estimate of drug-likeness (QED) is 0.583. The van der Waals surface area contributed by atoms with E-state index >= 15 is 0 Å². The molecule has 5 atom stereocenters. The molecule has 0 aromatic rings. The highest BCUT2D eigenvalue weighted by Crippen LogP contribution is 2.41. The van der Waals surface area contributed by atoms with E-state index in [1.165, 1.54) is 0 Å². The molecule has 2 bridgehead atoms. The van der Waals surface area contributed by atoms with Gasteiger partial charge in [0.2, 0.25) is 0 Å². The van der Waals surface area contributed by atoms with E-state index in [1.54, 1.807) is 0 Å². The molecule has 3 rings (SSSR count). The number of aliphatic hydroxyl groups is 1. The third kappa shape index (κ3) is 1.29. The van der Waals surface area contributed by atoms with Gasteiger partial charge in [-0.3, -0.25) is 0 Å². The summed E-state index contributed by atoms with van der Waals surface area (Å²) in [5, 5.41) is 9.36. The minimum Gasteiger partial charge on any atom is -0.368 e. The third-order valence-corrected chi connectivity index (χ3v) is 3.33. The Kier molecular flexibility index (Phi) is 1.83. The number of hydrogen-bond acceptors (Lipinski definition) is 4. The van der Waals surface area contributed by atoms with Crippen LogP contribution >= 0.6 is 0 Å². The van der Waals surface area contributed by atoms with Crippen molar-refractivity contribution in [1.82, 2.24) is 0 Å². The van der Waals surface area contributed by atoms with Gasteiger partial charge >= 0.3 is 0 Å². The van der Waals surface area contributed by atoms with Crippen molar-refractivity contribution >= 4 is 0 Å². The molecule has 3 saturated heterocycles. The molecule has 3 heterocycles. The topological polar surface area (TPSA) is 47.9 Å². The predicted octanol–water partition coefficient (Wildman–Crippen LogP) is 0.103. The minimum absolute atomic E-state index is 0.00917. The molecular weight excluding hydrogens is 172 g/mol. The molecule has 4 heteroatoms. The zero-order valence-electron chi connectivity index (χ0n) is 7.39. The molecular formula is C9H14O4. The Labute approximate surface area is 76.8 Å². The number of hydrogen-bond donors (Lipinski definition) is 1. The van der Waals surface area contributed by atoms with Crippen LogP contribution in [0.2, 0.25) is 0 Å². The fraction of sp³-hybridized carbons (Fsp3) is 1.00. The summed E-state index contributed by atoms with van der Waals surface area (Å²) >= 11 is 0. The first-order valence-electron chi connectivity index (χ1n) is 4.89. The van der Waals surface area contributed by atoms with Gasteiger partial charge in [0.15, 0.2) is 12.6 Å². The molecule has 0 amide bonds. The fourth-order valence-electron chi connectivity index (χ4n) is 2.62. The molecule has 4 nitrogen and oxygen atoms in total. The molecule has 74 valence electrons. The summed E-state index contributed by atoms with van der Waals surface area (Å²) in [7, 11) is 0. The Morgan fingerprint density at radius 2 is 2.00 bits per heavy atom. The average Bonchev–Trinajstić information content (AvgIpc) is 2.51. The SMILES string of the molecule is OC1C[C@@H]2[C@H](CO1)C[C@H]1OC[C@@H]2O1. The van der Waals surface area contributed by atoms with Crippen molar-refractivity contribution in [1.29, 1.82) is 0 Å². The second kappa shape index (κ2) is 2.92. The molecule has 3 aliphatic heterocycles. The number of fused-ring (bicyclic) bond motifs is 4. The molecule has 0 radical (unpaired) electrons. The van der Waals surface area contributed by atoms with E-state index in [9.17, 15) is 5.11 Å². The van der Waals surface area contributed by atoms with Crippen LogP contribution in [0.15, 0.2) is 0 Å². The first kappa shape index (κ1) is 8.17. The Bertz CT molecular complexity index is 208. The summed E-state index contributed by atoms with van der Waals surface area (Å²) in [4.78, 5) is 0. The largest absolute Gasteiger partial charge is 0.368 e. The van der Waals surface area contributed by atoms with E-state index in [2.05, 4.69) is 0 Å². The van der Waals surface area contributed by atoms with Crippen LogP contribution in [0.5, 0.6) is 0 Å². The van der Waals surface area contributed by atoms with Gasteiger partial charge in [-0.25, -0.2) is 0 Å². The number of rotatable bonds is 0. The number of aliphatic hydroxyl groups excluding tert-OH is 1. The van der Waals surface area contributed by atoms with Gasteiger partial charge in [-0.1, -0.05) is 0 Å². The van der Waals surface area contributed by atoms with E-state index in [1.807, 2.05) is 0 Å². The summed E-state index contributed by atoms with van der Waals surface area (Å²) in [5.41, 5.74) is 0. The third-order valence-electron chi connectivity index (χ3n) is 3.33. The van der Waals surface area contributed by atoms with Gasteiger partial charge in [0.1, 0.15) is 0 Å². The van der Waals surface area contributed by atoms with Crippen LogP contribution in [-0.4, -0.2) is 37.0 Å². The van der Waals surface area contributed by atoms with Crippen molar-refractivity contribution in [2.24, 2.45) is 11.8 Å². The van der Waals surface area contributed by atoms with Gasteiger partial charge in [-0.05, 0) is 11.8 Å². The van der Waals surface area contributed by atoms with Crippen molar-refractivity contribution in [2.75, 3.05) is 13.2 Å². The van der Waals surface area contributed by atoms with E-state index in [0.29, 0.717) is 31.5 Å². The summed E-state index contributed by atoms with van der Waals surface area (Å²) in [5.74, 6) is 0.956. The minimum atomic E-state index is -0.595. The second-order valence-corrected chi connectivity index (χ2v) is 4.12. The molecule has 0 spiro atoms. The van der Waals surface area contributed by atoms with E-state index < -0.39 is 6.29 Å². The smallest absolute Gasteiger partial charge is 0.158 e. The van der Waals surface area contributed by atoms with Crippen molar-refractivity contribution in [2.45, 2.75) is 31.5 Å². The molecule has 3 fully saturated rings. The van der Waals surface area contributed by atoms with Crippen molar-refractivity contribution in [3.63, 3.8) is 0 Å². The van der Waals surface area contributed by atoms with Crippen LogP contribution in [0.4, 0.5) is 0 Å². The van der Waals surface area contributed by atoms with Crippen LogP contribution < -0.4 is 0 Å². The molecule has 1 N–H and O–H groups in total. The lowest BCUT2D eigenvalue weighted by atomic mass is 9.80. The van der Waals surface area contributed by atoms with Gasteiger partial charge in [0.05, 0.1) is 19.3 Å². The maximum absolute atomic E-state index is 9.36. The highest BCUT2D eigenvalue weighted by atomic mass is 16.7. The van der Waals surface area contributed by atoms with Crippen LogP contribution in [0.3, 0.4) is 0 Å². The summed E-state index contributed by atoms with van der Waals surface area (Å²) in [6.07, 6.45) is 1.22. The molecule has 0 aliphatic carbocycles. The Morgan fingerprint density at radius 1 is 1.08 bits per heavy atom. The molecule has 1 unspecified atom stereocenters. The highest BCUT2D eigenvalue weighted by Gasteiger charge is 2.46. The fourth-order valence-corrected chi connectivity index (χ4v) is 2.62. The van der Waals surface area contributed by atoms with E-state index in [4.69, 9.17) is 14.2 Å². The van der Waals surface area contributed by atoms with E-state index in [-0.39, 0.29) is 12.4 Å². The predicted molar refractivity (Wildman–Crippen MR) is 42.8 cm³/mol. The van der Waals surface area contributed by atoms with Crippen LogP contribution in [0.1, 0.15) is 12.8 Å². The Balaban J connectivity index is 1.78.